The van der Waals surface area contributed by atoms with Crippen LogP contribution in [0.2, 0.25) is 0 Å². The average molecular weight is 553 g/mol. The highest BCUT2D eigenvalue weighted by Crippen LogP contribution is 2.35. The molecule has 2 aliphatic rings. The van der Waals surface area contributed by atoms with Crippen LogP contribution in [-0.4, -0.2) is 71.0 Å². The maximum atomic E-state index is 12.8. The molecule has 2 aromatic carbocycles. The Labute approximate surface area is 242 Å². The lowest BCUT2D eigenvalue weighted by Gasteiger charge is -2.39. The molecule has 0 radical (unpaired) electrons. The second-order valence-electron chi connectivity index (χ2n) is 10.9. The lowest BCUT2D eigenvalue weighted by molar-refractivity contribution is -0.131. The van der Waals surface area contributed by atoms with Gasteiger partial charge in [-0.25, -0.2) is 4.68 Å². The molecule has 214 valence electrons. The number of para-hydroxylation sites is 1. The van der Waals surface area contributed by atoms with Crippen LogP contribution in [0, 0.1) is 5.41 Å². The quantitative estimate of drug-likeness (QED) is 0.208. The highest BCUT2D eigenvalue weighted by Gasteiger charge is 2.35. The van der Waals surface area contributed by atoms with Crippen molar-refractivity contribution in [2.45, 2.75) is 45.2 Å². The van der Waals surface area contributed by atoms with E-state index < -0.39 is 0 Å². The third kappa shape index (κ3) is 6.60. The maximum Gasteiger partial charge on any atom is 0.246 e. The van der Waals surface area contributed by atoms with Gasteiger partial charge in [-0.2, -0.15) is 5.10 Å². The molecule has 2 heterocycles. The maximum absolute atomic E-state index is 12.8. The van der Waals surface area contributed by atoms with Crippen molar-refractivity contribution >= 4 is 17.4 Å². The number of benzene rings is 2. The first-order chi connectivity index (χ1) is 19.9. The van der Waals surface area contributed by atoms with Gasteiger partial charge in [0.05, 0.1) is 17.3 Å². The van der Waals surface area contributed by atoms with E-state index in [-0.39, 0.29) is 11.9 Å². The lowest BCUT2D eigenvalue weighted by atomic mass is 10.0. The van der Waals surface area contributed by atoms with Gasteiger partial charge in [0.2, 0.25) is 5.91 Å². The van der Waals surface area contributed by atoms with Crippen molar-refractivity contribution in [3.05, 3.63) is 84.0 Å². The Morgan fingerprint density at radius 2 is 1.80 bits per heavy atom. The fraction of sp³-hybridized carbons (Fsp3) is 0.364. The van der Waals surface area contributed by atoms with Gasteiger partial charge in [0.15, 0.2) is 0 Å². The summed E-state index contributed by atoms with van der Waals surface area (Å²) in [5.41, 5.74) is 3.93. The number of nitrogens with zero attached hydrogens (tertiary/aromatic N) is 4. The number of ether oxygens (including phenoxy) is 1. The van der Waals surface area contributed by atoms with Gasteiger partial charge in [-0.3, -0.25) is 9.69 Å². The van der Waals surface area contributed by atoms with Crippen LogP contribution < -0.4 is 10.1 Å². The molecule has 1 saturated carbocycles. The van der Waals surface area contributed by atoms with E-state index in [1.165, 1.54) is 12.8 Å². The van der Waals surface area contributed by atoms with Gasteiger partial charge in [0.25, 0.3) is 0 Å². The predicted molar refractivity (Wildman–Crippen MR) is 165 cm³/mol. The summed E-state index contributed by atoms with van der Waals surface area (Å²) in [6.45, 7) is 6.09. The molecule has 1 saturated heterocycles. The summed E-state index contributed by atoms with van der Waals surface area (Å²) in [6, 6.07) is 18.2. The number of amides is 1. The van der Waals surface area contributed by atoms with E-state index in [9.17, 15) is 4.79 Å². The van der Waals surface area contributed by atoms with Gasteiger partial charge in [-0.15, -0.1) is 0 Å². The van der Waals surface area contributed by atoms with Crippen molar-refractivity contribution in [2.24, 2.45) is 0 Å². The van der Waals surface area contributed by atoms with Crippen LogP contribution in [0.15, 0.2) is 78.4 Å². The Morgan fingerprint density at radius 3 is 2.44 bits per heavy atom. The van der Waals surface area contributed by atoms with E-state index in [1.807, 2.05) is 90.3 Å². The normalized spacial score (nSPS) is 15.8. The molecule has 8 heteroatoms. The summed E-state index contributed by atoms with van der Waals surface area (Å²) in [5, 5.41) is 17.3. The average Bonchev–Trinajstić information content (AvgIpc) is 3.74. The van der Waals surface area contributed by atoms with Gasteiger partial charge < -0.3 is 20.4 Å². The first kappa shape index (κ1) is 28.4. The Hall–Kier alpha value is -4.17. The van der Waals surface area contributed by atoms with Crippen LogP contribution in [-0.2, 0) is 4.79 Å². The zero-order chi connectivity index (χ0) is 28.9. The van der Waals surface area contributed by atoms with Crippen molar-refractivity contribution in [3.63, 3.8) is 0 Å². The van der Waals surface area contributed by atoms with Crippen molar-refractivity contribution < 1.29 is 9.53 Å². The fourth-order valence-corrected chi connectivity index (χ4v) is 5.00. The summed E-state index contributed by atoms with van der Waals surface area (Å²) >= 11 is 0. The molecule has 2 N–H and O–H groups in total. The number of carbonyl (C=O) groups is 1. The van der Waals surface area contributed by atoms with Gasteiger partial charge in [0, 0.05) is 44.4 Å². The van der Waals surface area contributed by atoms with Crippen LogP contribution in [0.3, 0.4) is 0 Å². The molecule has 41 heavy (non-hydrogen) atoms. The van der Waals surface area contributed by atoms with Crippen molar-refractivity contribution in [3.8, 4) is 22.8 Å². The molecular formula is C33H40N6O2. The Bertz CT molecular complexity index is 1430. The van der Waals surface area contributed by atoms with Crippen LogP contribution in [0.5, 0.6) is 11.5 Å². The second-order valence-corrected chi connectivity index (χ2v) is 10.9. The van der Waals surface area contributed by atoms with Gasteiger partial charge in [-0.05, 0) is 75.7 Å². The van der Waals surface area contributed by atoms with Crippen LogP contribution in [0.4, 0.5) is 5.82 Å². The first-order valence-corrected chi connectivity index (χ1v) is 14.4. The number of rotatable bonds is 12. The molecular weight excluding hydrogens is 512 g/mol. The molecule has 0 spiro atoms. The van der Waals surface area contributed by atoms with Crippen molar-refractivity contribution in [1.82, 2.24) is 19.6 Å². The number of likely N-dealkylation sites (tertiary alicyclic amines) is 1. The minimum atomic E-state index is 0.0289. The van der Waals surface area contributed by atoms with Gasteiger partial charge >= 0.3 is 0 Å². The Balaban J connectivity index is 1.37. The van der Waals surface area contributed by atoms with Crippen molar-refractivity contribution in [1.29, 1.82) is 5.41 Å². The topological polar surface area (TPSA) is 86.5 Å². The number of allylic oxidation sites excluding steroid dienone is 2. The Morgan fingerprint density at radius 1 is 1.12 bits per heavy atom. The van der Waals surface area contributed by atoms with E-state index in [0.717, 1.165) is 52.7 Å². The standard InChI is InChI=1S/C33H40N6O2/c1-5-23(2)20-29(34)31-32(24-13-17-28(18-14-24)41-27-10-7-6-8-11-27)36-39(33(31)35-3)26-21-38(22-26)30(40)12-9-19-37(4)25-15-16-25/h6-14,17-18,20,25-26,34-35H,5,15-16,19,21-22H2,1-4H3/b12-9?,23-20+,34-29?. The SMILES string of the molecule is CC/C(C)=C/C(=N)c1c(-c2ccc(Oc3ccccc3)cc2)nn(C2CN(C(=O)C=CCN(C)C3CC3)C2)c1NC. The van der Waals surface area contributed by atoms with E-state index in [4.69, 9.17) is 15.2 Å². The minimum absolute atomic E-state index is 0.0289. The van der Waals surface area contributed by atoms with Crippen molar-refractivity contribution in [2.75, 3.05) is 39.0 Å². The number of anilines is 1. The molecule has 0 bridgehead atoms. The lowest BCUT2D eigenvalue weighted by Crippen LogP contribution is -2.50. The molecule has 0 atom stereocenters. The van der Waals surface area contributed by atoms with Crippen LogP contribution >= 0.6 is 0 Å². The molecule has 0 unspecified atom stereocenters. The van der Waals surface area contributed by atoms with E-state index >= 15 is 0 Å². The van der Waals surface area contributed by atoms with E-state index in [1.54, 1.807) is 6.08 Å². The number of hydrogen-bond acceptors (Lipinski definition) is 6. The summed E-state index contributed by atoms with van der Waals surface area (Å²) in [7, 11) is 3.97. The molecule has 5 rings (SSSR count). The largest absolute Gasteiger partial charge is 0.457 e. The van der Waals surface area contributed by atoms with Gasteiger partial charge in [0.1, 0.15) is 23.0 Å². The zero-order valence-corrected chi connectivity index (χ0v) is 24.4. The van der Waals surface area contributed by atoms with Crippen LogP contribution in [0.1, 0.15) is 44.7 Å². The monoisotopic (exact) mass is 552 g/mol. The number of aromatic nitrogens is 2. The molecule has 2 fully saturated rings. The van der Waals surface area contributed by atoms with E-state index in [0.29, 0.717) is 24.8 Å². The smallest absolute Gasteiger partial charge is 0.246 e. The highest BCUT2D eigenvalue weighted by atomic mass is 16.5. The molecule has 8 nitrogen and oxygen atoms in total. The first-order valence-electron chi connectivity index (χ1n) is 14.4. The predicted octanol–water partition coefficient (Wildman–Crippen LogP) is 6.14. The number of nitrogens with one attached hydrogen (secondary N) is 2. The molecule has 1 aliphatic heterocycles. The molecule has 3 aromatic rings. The fourth-order valence-electron chi connectivity index (χ4n) is 5.00. The third-order valence-corrected chi connectivity index (χ3v) is 7.82. The number of carbonyl (C=O) groups excluding carboxylic acids is 1. The number of hydrogen-bond donors (Lipinski definition) is 2. The summed E-state index contributed by atoms with van der Waals surface area (Å²) in [6.07, 6.45) is 8.96. The highest BCUT2D eigenvalue weighted by molar-refractivity contribution is 6.14. The van der Waals surface area contributed by atoms with E-state index in [2.05, 4.69) is 24.2 Å². The molecule has 1 aromatic heterocycles. The third-order valence-electron chi connectivity index (χ3n) is 7.82. The van der Waals surface area contributed by atoms with Crippen LogP contribution in [0.25, 0.3) is 11.3 Å². The molecule has 1 amide bonds. The second kappa shape index (κ2) is 12.6. The summed E-state index contributed by atoms with van der Waals surface area (Å²) < 4.78 is 7.94. The van der Waals surface area contributed by atoms with Gasteiger partial charge in [-0.1, -0.05) is 36.8 Å². The minimum Gasteiger partial charge on any atom is -0.457 e. The summed E-state index contributed by atoms with van der Waals surface area (Å²) in [5.74, 6) is 2.33. The number of likely N-dealkylation sites (N-methyl/N-ethyl adjacent to an activating group) is 1. The Kier molecular flexibility index (Phi) is 8.69. The summed E-state index contributed by atoms with van der Waals surface area (Å²) in [4.78, 5) is 16.9. The zero-order valence-electron chi connectivity index (χ0n) is 24.4. The molecule has 1 aliphatic carbocycles.